The number of hydrogen-bond acceptors (Lipinski definition) is 7. The van der Waals surface area contributed by atoms with E-state index in [1.165, 1.54) is 0 Å². The van der Waals surface area contributed by atoms with Crippen molar-refractivity contribution in [3.8, 4) is 0 Å². The maximum Gasteiger partial charge on any atom is 0.341 e. The average Bonchev–Trinajstić information content (AvgIpc) is 2.63. The van der Waals surface area contributed by atoms with Crippen LogP contribution >= 0.6 is 0 Å². The highest BCUT2D eigenvalue weighted by molar-refractivity contribution is 6.01. The summed E-state index contributed by atoms with van der Waals surface area (Å²) in [5.41, 5.74) is 0.753. The minimum Gasteiger partial charge on any atom is -0.386 e. The van der Waals surface area contributed by atoms with Crippen LogP contribution < -0.4 is 0 Å². The van der Waals surface area contributed by atoms with E-state index in [0.717, 1.165) is 0 Å². The maximum absolute atomic E-state index is 11.9. The van der Waals surface area contributed by atoms with E-state index in [1.807, 2.05) is 6.92 Å². The minimum absolute atomic E-state index is 0.376. The number of esters is 2. The molecule has 0 N–H and O–H groups in total. The Hall–Kier alpha value is -1.54. The molecular weight excluding hydrogens is 340 g/mol. The predicted octanol–water partition coefficient (Wildman–Crippen LogP) is 2.45. The molecule has 0 bridgehead atoms. The third-order valence-corrected chi connectivity index (χ3v) is 3.26. The lowest BCUT2D eigenvalue weighted by Crippen LogP contribution is -2.14. The molecule has 0 atom stereocenters. The van der Waals surface area contributed by atoms with Crippen LogP contribution in [0.3, 0.4) is 0 Å². The number of carbonyl (C=O) groups is 2. The van der Waals surface area contributed by atoms with Gasteiger partial charge in [0, 0.05) is 24.9 Å². The third kappa shape index (κ3) is 13.7. The van der Waals surface area contributed by atoms with Gasteiger partial charge in [-0.15, -0.1) is 0 Å². The Morgan fingerprint density at radius 1 is 0.731 bits per heavy atom. The molecule has 0 rings (SSSR count). The van der Waals surface area contributed by atoms with Gasteiger partial charge in [0.15, 0.2) is 0 Å². The number of ether oxygens (including phenoxy) is 5. The van der Waals surface area contributed by atoms with Gasteiger partial charge in [0.2, 0.25) is 0 Å². The van der Waals surface area contributed by atoms with Crippen LogP contribution in [0, 0.1) is 0 Å². The zero-order valence-electron chi connectivity index (χ0n) is 16.4. The van der Waals surface area contributed by atoms with Crippen molar-refractivity contribution in [3.05, 3.63) is 23.3 Å². The average molecular weight is 372 g/mol. The van der Waals surface area contributed by atoms with Crippen molar-refractivity contribution in [1.82, 2.24) is 0 Å². The summed E-state index contributed by atoms with van der Waals surface area (Å²) >= 11 is 0. The smallest absolute Gasteiger partial charge is 0.341 e. The second-order valence-electron chi connectivity index (χ2n) is 5.44. The summed E-state index contributed by atoms with van der Waals surface area (Å²) in [6.45, 7) is 8.87. The van der Waals surface area contributed by atoms with E-state index in [-0.39, 0.29) is 0 Å². The molecule has 0 aliphatic rings. The van der Waals surface area contributed by atoms with E-state index < -0.39 is 11.9 Å². The standard InChI is InChI=1S/C19H32O7/c1-5-23-14-15-25-11-7-9-17(3)19(21)26-18(20)16(2)8-6-10-24-13-12-22-4/h8-9H,5-7,10-15H2,1-4H3. The van der Waals surface area contributed by atoms with Crippen LogP contribution in [0.15, 0.2) is 23.3 Å². The van der Waals surface area contributed by atoms with Gasteiger partial charge < -0.3 is 23.7 Å². The number of methoxy groups -OCH3 is 1. The van der Waals surface area contributed by atoms with Crippen LogP contribution in [0.5, 0.6) is 0 Å². The normalized spacial score (nSPS) is 12.3. The van der Waals surface area contributed by atoms with Crippen LogP contribution in [0.4, 0.5) is 0 Å². The summed E-state index contributed by atoms with van der Waals surface area (Å²) in [7, 11) is 1.60. The molecule has 0 saturated heterocycles. The second-order valence-corrected chi connectivity index (χ2v) is 5.44. The topological polar surface area (TPSA) is 80.3 Å². The lowest BCUT2D eigenvalue weighted by atomic mass is 10.2. The molecule has 150 valence electrons. The number of carbonyl (C=O) groups excluding carboxylic acids is 2. The van der Waals surface area contributed by atoms with Crippen molar-refractivity contribution in [2.75, 3.05) is 53.4 Å². The van der Waals surface area contributed by atoms with Gasteiger partial charge in [0.25, 0.3) is 0 Å². The molecule has 0 amide bonds. The first-order valence-corrected chi connectivity index (χ1v) is 8.85. The first kappa shape index (κ1) is 24.5. The summed E-state index contributed by atoms with van der Waals surface area (Å²) in [6.07, 6.45) is 4.51. The van der Waals surface area contributed by atoms with Gasteiger partial charge >= 0.3 is 11.9 Å². The molecule has 26 heavy (non-hydrogen) atoms. The summed E-state index contributed by atoms with van der Waals surface area (Å²) in [4.78, 5) is 23.7. The van der Waals surface area contributed by atoms with Gasteiger partial charge in [0.1, 0.15) is 0 Å². The Balaban J connectivity index is 4.02. The first-order chi connectivity index (χ1) is 12.5. The van der Waals surface area contributed by atoms with Gasteiger partial charge in [-0.2, -0.15) is 0 Å². The fraction of sp³-hybridized carbons (Fsp3) is 0.684. The van der Waals surface area contributed by atoms with E-state index in [2.05, 4.69) is 0 Å². The summed E-state index contributed by atoms with van der Waals surface area (Å²) in [5, 5.41) is 0. The van der Waals surface area contributed by atoms with Crippen LogP contribution in [0.2, 0.25) is 0 Å². The zero-order valence-corrected chi connectivity index (χ0v) is 16.4. The molecule has 0 fully saturated rings. The maximum atomic E-state index is 11.9. The van der Waals surface area contributed by atoms with Crippen molar-refractivity contribution >= 4 is 11.9 Å². The Labute approximate surface area is 156 Å². The largest absolute Gasteiger partial charge is 0.386 e. The molecule has 0 saturated carbocycles. The van der Waals surface area contributed by atoms with E-state index in [1.54, 1.807) is 33.1 Å². The highest BCUT2D eigenvalue weighted by atomic mass is 16.6. The van der Waals surface area contributed by atoms with Gasteiger partial charge in [-0.25, -0.2) is 9.59 Å². The number of rotatable bonds is 15. The van der Waals surface area contributed by atoms with Crippen LogP contribution in [0.25, 0.3) is 0 Å². The zero-order chi connectivity index (χ0) is 19.6. The monoisotopic (exact) mass is 372 g/mol. The molecule has 0 aromatic rings. The fourth-order valence-electron chi connectivity index (χ4n) is 1.74. The molecule has 0 aliphatic heterocycles. The van der Waals surface area contributed by atoms with E-state index in [4.69, 9.17) is 23.7 Å². The summed E-state index contributed by atoms with van der Waals surface area (Å²) in [5.74, 6) is -1.29. The molecule has 7 nitrogen and oxygen atoms in total. The minimum atomic E-state index is -0.646. The quantitative estimate of drug-likeness (QED) is 0.189. The van der Waals surface area contributed by atoms with Gasteiger partial charge in [-0.1, -0.05) is 12.2 Å². The Morgan fingerprint density at radius 2 is 1.19 bits per heavy atom. The molecule has 0 heterocycles. The van der Waals surface area contributed by atoms with Gasteiger partial charge in [0.05, 0.1) is 39.6 Å². The van der Waals surface area contributed by atoms with Crippen LogP contribution in [-0.2, 0) is 33.3 Å². The van der Waals surface area contributed by atoms with Crippen molar-refractivity contribution in [2.24, 2.45) is 0 Å². The lowest BCUT2D eigenvalue weighted by molar-refractivity contribution is -0.153. The molecule has 7 heteroatoms. The molecule has 0 aromatic carbocycles. The van der Waals surface area contributed by atoms with Crippen LogP contribution in [-0.4, -0.2) is 65.3 Å². The molecule has 0 aromatic heterocycles. The van der Waals surface area contributed by atoms with Crippen molar-refractivity contribution in [2.45, 2.75) is 33.6 Å². The van der Waals surface area contributed by atoms with Crippen molar-refractivity contribution in [3.63, 3.8) is 0 Å². The number of hydrogen-bond donors (Lipinski definition) is 0. The molecular formula is C19H32O7. The molecule has 0 spiro atoms. The van der Waals surface area contributed by atoms with Crippen molar-refractivity contribution < 1.29 is 33.3 Å². The molecule has 0 radical (unpaired) electrons. The van der Waals surface area contributed by atoms with Gasteiger partial charge in [-0.05, 0) is 33.6 Å². The summed E-state index contributed by atoms with van der Waals surface area (Å²) < 4.78 is 25.5. The first-order valence-electron chi connectivity index (χ1n) is 8.85. The SMILES string of the molecule is CCOCCOCCC=C(C)C(=O)OC(=O)C(C)=CCCOCCOC. The second kappa shape index (κ2) is 16.9. The Bertz CT molecular complexity index is 455. The third-order valence-electron chi connectivity index (χ3n) is 3.26. The highest BCUT2D eigenvalue weighted by Crippen LogP contribution is 2.05. The van der Waals surface area contributed by atoms with E-state index in [0.29, 0.717) is 70.2 Å². The van der Waals surface area contributed by atoms with Gasteiger partial charge in [-0.3, -0.25) is 0 Å². The predicted molar refractivity (Wildman–Crippen MR) is 97.9 cm³/mol. The molecule has 0 unspecified atom stereocenters. The van der Waals surface area contributed by atoms with Crippen molar-refractivity contribution in [1.29, 1.82) is 0 Å². The van der Waals surface area contributed by atoms with E-state index >= 15 is 0 Å². The Kier molecular flexibility index (Phi) is 15.9. The molecule has 0 aliphatic carbocycles. The lowest BCUT2D eigenvalue weighted by Gasteiger charge is -2.05. The summed E-state index contributed by atoms with van der Waals surface area (Å²) in [6, 6.07) is 0. The van der Waals surface area contributed by atoms with Crippen LogP contribution in [0.1, 0.15) is 33.6 Å². The van der Waals surface area contributed by atoms with E-state index in [9.17, 15) is 9.59 Å². The fourth-order valence-corrected chi connectivity index (χ4v) is 1.74. The Morgan fingerprint density at radius 3 is 1.65 bits per heavy atom. The highest BCUT2D eigenvalue weighted by Gasteiger charge is 2.13.